The van der Waals surface area contributed by atoms with Crippen molar-refractivity contribution in [3.8, 4) is 5.75 Å². The number of hydrogen-bond donors (Lipinski definition) is 1. The molecule has 30 heavy (non-hydrogen) atoms. The van der Waals surface area contributed by atoms with Crippen molar-refractivity contribution < 1.29 is 18.7 Å². The molecule has 158 valence electrons. The van der Waals surface area contributed by atoms with E-state index in [9.17, 15) is 9.59 Å². The van der Waals surface area contributed by atoms with E-state index in [1.54, 1.807) is 13.2 Å². The fourth-order valence-electron chi connectivity index (χ4n) is 3.28. The SMILES string of the molecule is COc1ccc2c(C)c(CCC(=O)NCCCOCc3ccccc3)c(=O)oc2c1. The van der Waals surface area contributed by atoms with Crippen molar-refractivity contribution >= 4 is 16.9 Å². The molecule has 0 aliphatic rings. The number of fused-ring (bicyclic) bond motifs is 1. The van der Waals surface area contributed by atoms with Crippen molar-refractivity contribution in [2.24, 2.45) is 0 Å². The Morgan fingerprint density at radius 3 is 2.70 bits per heavy atom. The van der Waals surface area contributed by atoms with Crippen LogP contribution in [0.2, 0.25) is 0 Å². The Bertz CT molecular complexity index is 1040. The molecule has 0 atom stereocenters. The van der Waals surface area contributed by atoms with Gasteiger partial charge in [0.1, 0.15) is 11.3 Å². The third-order valence-corrected chi connectivity index (χ3v) is 5.00. The first-order valence-electron chi connectivity index (χ1n) is 10.1. The zero-order valence-corrected chi connectivity index (χ0v) is 17.4. The van der Waals surface area contributed by atoms with E-state index in [0.717, 1.165) is 22.9 Å². The summed E-state index contributed by atoms with van der Waals surface area (Å²) < 4.78 is 16.2. The molecule has 1 aromatic heterocycles. The highest BCUT2D eigenvalue weighted by Gasteiger charge is 2.13. The second-order valence-corrected chi connectivity index (χ2v) is 7.10. The van der Waals surface area contributed by atoms with E-state index >= 15 is 0 Å². The largest absolute Gasteiger partial charge is 0.497 e. The number of benzene rings is 2. The number of rotatable bonds is 10. The Labute approximate surface area is 175 Å². The van der Waals surface area contributed by atoms with Gasteiger partial charge in [0, 0.05) is 36.6 Å². The normalized spacial score (nSPS) is 10.9. The Balaban J connectivity index is 1.44. The zero-order chi connectivity index (χ0) is 21.3. The molecule has 0 aliphatic heterocycles. The average Bonchev–Trinajstić information content (AvgIpc) is 2.76. The summed E-state index contributed by atoms with van der Waals surface area (Å²) in [6.07, 6.45) is 1.31. The summed E-state index contributed by atoms with van der Waals surface area (Å²) in [5.74, 6) is 0.539. The van der Waals surface area contributed by atoms with Gasteiger partial charge >= 0.3 is 5.63 Å². The van der Waals surface area contributed by atoms with Crippen LogP contribution in [0.5, 0.6) is 5.75 Å². The van der Waals surface area contributed by atoms with Crippen molar-refractivity contribution in [1.29, 1.82) is 0 Å². The standard InChI is InChI=1S/C24H27NO5/c1-17-20-10-9-19(28-2)15-22(20)30-24(27)21(17)11-12-23(26)25-13-6-14-29-16-18-7-4-3-5-8-18/h3-5,7-10,15H,6,11-14,16H2,1-2H3,(H,25,26). The van der Waals surface area contributed by atoms with Crippen LogP contribution in [0, 0.1) is 6.92 Å². The van der Waals surface area contributed by atoms with Crippen LogP contribution in [-0.2, 0) is 22.6 Å². The number of nitrogens with one attached hydrogen (secondary N) is 1. The molecule has 6 heteroatoms. The lowest BCUT2D eigenvalue weighted by molar-refractivity contribution is -0.121. The summed E-state index contributed by atoms with van der Waals surface area (Å²) in [5.41, 5.74) is 2.58. The second kappa shape index (κ2) is 10.6. The molecule has 1 heterocycles. The van der Waals surface area contributed by atoms with Gasteiger partial charge in [-0.3, -0.25) is 4.79 Å². The maximum Gasteiger partial charge on any atom is 0.339 e. The van der Waals surface area contributed by atoms with Crippen molar-refractivity contribution in [1.82, 2.24) is 5.32 Å². The Morgan fingerprint density at radius 1 is 1.13 bits per heavy atom. The molecule has 0 bridgehead atoms. The first kappa shape index (κ1) is 21.6. The van der Waals surface area contributed by atoms with E-state index in [2.05, 4.69) is 5.32 Å². The van der Waals surface area contributed by atoms with E-state index in [4.69, 9.17) is 13.9 Å². The van der Waals surface area contributed by atoms with Crippen LogP contribution in [0.1, 0.15) is 29.5 Å². The summed E-state index contributed by atoms with van der Waals surface area (Å²) in [7, 11) is 1.56. The van der Waals surface area contributed by atoms with Crippen molar-refractivity contribution in [2.45, 2.75) is 32.8 Å². The van der Waals surface area contributed by atoms with Crippen molar-refractivity contribution in [3.05, 3.63) is 75.6 Å². The molecule has 0 fully saturated rings. The maximum atomic E-state index is 12.4. The van der Waals surface area contributed by atoms with Crippen LogP contribution >= 0.6 is 0 Å². The molecule has 0 saturated carbocycles. The molecule has 0 spiro atoms. The van der Waals surface area contributed by atoms with E-state index in [1.807, 2.05) is 49.4 Å². The summed E-state index contributed by atoms with van der Waals surface area (Å²) in [6, 6.07) is 15.4. The highest BCUT2D eigenvalue weighted by atomic mass is 16.5. The van der Waals surface area contributed by atoms with E-state index < -0.39 is 5.63 Å². The highest BCUT2D eigenvalue weighted by Crippen LogP contribution is 2.24. The molecule has 0 radical (unpaired) electrons. The van der Waals surface area contributed by atoms with Gasteiger partial charge in [-0.25, -0.2) is 4.79 Å². The number of carbonyl (C=O) groups excluding carboxylic acids is 1. The highest BCUT2D eigenvalue weighted by molar-refractivity contribution is 5.82. The first-order chi connectivity index (χ1) is 14.6. The summed E-state index contributed by atoms with van der Waals surface area (Å²) in [5, 5.41) is 3.72. The minimum Gasteiger partial charge on any atom is -0.497 e. The van der Waals surface area contributed by atoms with Gasteiger partial charge in [-0.15, -0.1) is 0 Å². The number of ether oxygens (including phenoxy) is 2. The first-order valence-corrected chi connectivity index (χ1v) is 10.1. The topological polar surface area (TPSA) is 77.8 Å². The zero-order valence-electron chi connectivity index (χ0n) is 17.4. The van der Waals surface area contributed by atoms with E-state index in [-0.39, 0.29) is 12.3 Å². The molecule has 1 amide bonds. The third kappa shape index (κ3) is 5.70. The lowest BCUT2D eigenvalue weighted by atomic mass is 10.0. The van der Waals surface area contributed by atoms with Crippen LogP contribution in [0.25, 0.3) is 11.0 Å². The minimum atomic E-state index is -0.407. The second-order valence-electron chi connectivity index (χ2n) is 7.10. The predicted molar refractivity (Wildman–Crippen MR) is 116 cm³/mol. The van der Waals surface area contributed by atoms with Gasteiger partial charge in [0.25, 0.3) is 0 Å². The Kier molecular flexibility index (Phi) is 7.63. The van der Waals surface area contributed by atoms with Gasteiger partial charge in [0.05, 0.1) is 13.7 Å². The van der Waals surface area contributed by atoms with Gasteiger partial charge < -0.3 is 19.2 Å². The van der Waals surface area contributed by atoms with Crippen LogP contribution in [0.3, 0.4) is 0 Å². The Morgan fingerprint density at radius 2 is 1.93 bits per heavy atom. The third-order valence-electron chi connectivity index (χ3n) is 5.00. The molecule has 3 rings (SSSR count). The van der Waals surface area contributed by atoms with Crippen LogP contribution in [0.4, 0.5) is 0 Å². The van der Waals surface area contributed by atoms with Gasteiger partial charge in [-0.2, -0.15) is 0 Å². The maximum absolute atomic E-state index is 12.4. The molecule has 0 aliphatic carbocycles. The Hall–Kier alpha value is -3.12. The summed E-state index contributed by atoms with van der Waals surface area (Å²) in [6.45, 7) is 3.56. The van der Waals surface area contributed by atoms with Gasteiger partial charge in [-0.1, -0.05) is 30.3 Å². The molecular weight excluding hydrogens is 382 g/mol. The lowest BCUT2D eigenvalue weighted by Gasteiger charge is -2.09. The van der Waals surface area contributed by atoms with E-state index in [0.29, 0.717) is 43.1 Å². The van der Waals surface area contributed by atoms with Gasteiger partial charge in [-0.05, 0) is 43.0 Å². The van der Waals surface area contributed by atoms with E-state index in [1.165, 1.54) is 0 Å². The molecule has 2 aromatic carbocycles. The number of aryl methyl sites for hydroxylation is 1. The van der Waals surface area contributed by atoms with Crippen molar-refractivity contribution in [3.63, 3.8) is 0 Å². The number of methoxy groups -OCH3 is 1. The molecule has 0 unspecified atom stereocenters. The lowest BCUT2D eigenvalue weighted by Crippen LogP contribution is -2.26. The van der Waals surface area contributed by atoms with Crippen LogP contribution in [0.15, 0.2) is 57.7 Å². The van der Waals surface area contributed by atoms with Crippen molar-refractivity contribution in [2.75, 3.05) is 20.3 Å². The van der Waals surface area contributed by atoms with Gasteiger partial charge in [0.2, 0.25) is 5.91 Å². The molecule has 0 saturated heterocycles. The molecule has 6 nitrogen and oxygen atoms in total. The fraction of sp³-hybridized carbons (Fsp3) is 0.333. The number of carbonyl (C=O) groups is 1. The number of amides is 1. The fourth-order valence-corrected chi connectivity index (χ4v) is 3.28. The monoisotopic (exact) mass is 409 g/mol. The van der Waals surface area contributed by atoms with Crippen LogP contribution < -0.4 is 15.7 Å². The minimum absolute atomic E-state index is 0.0910. The molecule has 1 N–H and O–H groups in total. The summed E-state index contributed by atoms with van der Waals surface area (Å²) in [4.78, 5) is 24.5. The quantitative estimate of drug-likeness (QED) is 0.407. The molecule has 3 aromatic rings. The summed E-state index contributed by atoms with van der Waals surface area (Å²) >= 11 is 0. The predicted octanol–water partition coefficient (Wildman–Crippen LogP) is 3.77. The molecular formula is C24H27NO5. The average molecular weight is 409 g/mol. The van der Waals surface area contributed by atoms with Crippen LogP contribution in [-0.4, -0.2) is 26.2 Å². The van der Waals surface area contributed by atoms with Gasteiger partial charge in [0.15, 0.2) is 0 Å². The number of hydrogen-bond acceptors (Lipinski definition) is 5. The smallest absolute Gasteiger partial charge is 0.339 e.